The topological polar surface area (TPSA) is 90.2 Å². The molecule has 0 amide bonds. The van der Waals surface area contributed by atoms with Crippen molar-refractivity contribution in [2.75, 3.05) is 20.2 Å². The van der Waals surface area contributed by atoms with E-state index in [-0.39, 0.29) is 18.0 Å². The Balaban J connectivity index is 1.40. The molecule has 1 aliphatic heterocycles. The van der Waals surface area contributed by atoms with Crippen molar-refractivity contribution in [1.29, 1.82) is 0 Å². The van der Waals surface area contributed by atoms with Crippen molar-refractivity contribution in [1.82, 2.24) is 13.7 Å². The summed E-state index contributed by atoms with van der Waals surface area (Å²) in [5, 5.41) is 0. The third kappa shape index (κ3) is 4.17. The Hall–Kier alpha value is -2.91. The zero-order chi connectivity index (χ0) is 21.1. The first-order valence-electron chi connectivity index (χ1n) is 9.71. The van der Waals surface area contributed by atoms with E-state index in [1.165, 1.54) is 23.5 Å². The fourth-order valence-corrected chi connectivity index (χ4v) is 5.09. The minimum atomic E-state index is -3.68. The minimum absolute atomic E-state index is 0.0578. The number of hydrogen-bond donors (Lipinski definition) is 0. The van der Waals surface area contributed by atoms with E-state index in [1.807, 2.05) is 35.0 Å². The zero-order valence-electron chi connectivity index (χ0n) is 16.6. The van der Waals surface area contributed by atoms with Crippen LogP contribution in [0.4, 0.5) is 0 Å². The van der Waals surface area contributed by atoms with Gasteiger partial charge in [0.1, 0.15) is 18.0 Å². The Labute approximate surface area is 175 Å². The van der Waals surface area contributed by atoms with Gasteiger partial charge in [-0.15, -0.1) is 0 Å². The number of pyridine rings is 1. The molecule has 0 radical (unpaired) electrons. The predicted molar refractivity (Wildman–Crippen MR) is 109 cm³/mol. The molecule has 0 saturated carbocycles. The van der Waals surface area contributed by atoms with Gasteiger partial charge in [0.15, 0.2) is 0 Å². The van der Waals surface area contributed by atoms with E-state index >= 15 is 0 Å². The number of nitrogens with zero attached hydrogens (tertiary/aromatic N) is 3. The third-order valence-electron chi connectivity index (χ3n) is 5.19. The molecule has 0 spiro atoms. The van der Waals surface area contributed by atoms with Gasteiger partial charge in [0.25, 0.3) is 0 Å². The van der Waals surface area contributed by atoms with Crippen molar-refractivity contribution in [3.8, 4) is 5.75 Å². The highest BCUT2D eigenvalue weighted by atomic mass is 32.2. The number of imidazole rings is 1. The van der Waals surface area contributed by atoms with E-state index in [4.69, 9.17) is 9.47 Å². The molecule has 1 fully saturated rings. The first kappa shape index (κ1) is 20.4. The first-order chi connectivity index (χ1) is 14.5. The molecule has 1 saturated heterocycles. The summed E-state index contributed by atoms with van der Waals surface area (Å²) in [6, 6.07) is 11.9. The van der Waals surface area contributed by atoms with Gasteiger partial charge in [-0.05, 0) is 49.2 Å². The summed E-state index contributed by atoms with van der Waals surface area (Å²) >= 11 is 0. The summed E-state index contributed by atoms with van der Waals surface area (Å²) in [6.45, 7) is 0.547. The quantitative estimate of drug-likeness (QED) is 0.559. The van der Waals surface area contributed by atoms with Gasteiger partial charge in [-0.1, -0.05) is 6.07 Å². The van der Waals surface area contributed by atoms with Gasteiger partial charge in [0.05, 0.1) is 23.6 Å². The summed E-state index contributed by atoms with van der Waals surface area (Å²) in [7, 11) is -2.16. The number of esters is 1. The third-order valence-corrected chi connectivity index (χ3v) is 7.07. The van der Waals surface area contributed by atoms with Gasteiger partial charge in [-0.25, -0.2) is 13.4 Å². The van der Waals surface area contributed by atoms with Crippen molar-refractivity contribution in [3.05, 3.63) is 60.6 Å². The highest BCUT2D eigenvalue weighted by Crippen LogP contribution is 2.26. The number of fused-ring (bicyclic) bond motifs is 1. The van der Waals surface area contributed by atoms with Crippen LogP contribution in [0.2, 0.25) is 0 Å². The van der Waals surface area contributed by atoms with E-state index in [0.717, 1.165) is 5.65 Å². The molecule has 3 heterocycles. The van der Waals surface area contributed by atoms with Gasteiger partial charge in [0, 0.05) is 25.5 Å². The Morgan fingerprint density at radius 2 is 2.00 bits per heavy atom. The largest absolute Gasteiger partial charge is 0.497 e. The van der Waals surface area contributed by atoms with Crippen LogP contribution in [0.15, 0.2) is 59.8 Å². The molecule has 8 nitrogen and oxygen atoms in total. The van der Waals surface area contributed by atoms with Crippen molar-refractivity contribution in [2.45, 2.75) is 24.3 Å². The van der Waals surface area contributed by atoms with Crippen LogP contribution in [0.5, 0.6) is 5.75 Å². The second-order valence-electron chi connectivity index (χ2n) is 7.18. The highest BCUT2D eigenvalue weighted by molar-refractivity contribution is 7.89. The maximum absolute atomic E-state index is 13.0. The molecule has 9 heteroatoms. The molecule has 0 bridgehead atoms. The minimum Gasteiger partial charge on any atom is -0.497 e. The molecule has 4 rings (SSSR count). The molecule has 3 aromatic rings. The van der Waals surface area contributed by atoms with Crippen molar-refractivity contribution < 1.29 is 22.7 Å². The van der Waals surface area contributed by atoms with Crippen molar-refractivity contribution >= 4 is 21.6 Å². The lowest BCUT2D eigenvalue weighted by atomic mass is 10.00. The van der Waals surface area contributed by atoms with Crippen LogP contribution in [0, 0.1) is 5.92 Å². The molecule has 1 unspecified atom stereocenters. The monoisotopic (exact) mass is 429 g/mol. The van der Waals surface area contributed by atoms with Crippen LogP contribution in [-0.2, 0) is 26.2 Å². The van der Waals surface area contributed by atoms with Crippen LogP contribution < -0.4 is 4.74 Å². The number of methoxy groups -OCH3 is 1. The Kier molecular flexibility index (Phi) is 5.74. The van der Waals surface area contributed by atoms with E-state index < -0.39 is 21.9 Å². The second-order valence-corrected chi connectivity index (χ2v) is 9.12. The van der Waals surface area contributed by atoms with Crippen LogP contribution in [0.1, 0.15) is 18.5 Å². The molecular formula is C21H23N3O5S. The summed E-state index contributed by atoms with van der Waals surface area (Å²) < 4.78 is 39.6. The van der Waals surface area contributed by atoms with Crippen LogP contribution in [0.3, 0.4) is 0 Å². The summed E-state index contributed by atoms with van der Waals surface area (Å²) in [5.74, 6) is -0.313. The smallest absolute Gasteiger partial charge is 0.310 e. The normalized spacial score (nSPS) is 17.7. The molecule has 0 N–H and O–H groups in total. The van der Waals surface area contributed by atoms with Gasteiger partial charge in [0.2, 0.25) is 10.0 Å². The van der Waals surface area contributed by atoms with Gasteiger partial charge in [-0.3, -0.25) is 4.79 Å². The number of sulfonamides is 1. The number of carbonyl (C=O) groups is 1. The second kappa shape index (κ2) is 8.45. The summed E-state index contributed by atoms with van der Waals surface area (Å²) in [6.07, 6.45) is 4.88. The van der Waals surface area contributed by atoms with Gasteiger partial charge < -0.3 is 13.9 Å². The number of rotatable bonds is 6. The number of benzene rings is 1. The first-order valence-corrected chi connectivity index (χ1v) is 11.1. The number of aromatic nitrogens is 2. The average Bonchev–Trinajstić information content (AvgIpc) is 3.20. The summed E-state index contributed by atoms with van der Waals surface area (Å²) in [5.41, 5.74) is 1.42. The maximum atomic E-state index is 13.0. The molecule has 158 valence electrons. The Morgan fingerprint density at radius 1 is 1.20 bits per heavy atom. The van der Waals surface area contributed by atoms with Crippen molar-refractivity contribution in [2.24, 2.45) is 5.92 Å². The van der Waals surface area contributed by atoms with E-state index in [9.17, 15) is 13.2 Å². The van der Waals surface area contributed by atoms with E-state index in [2.05, 4.69) is 4.98 Å². The van der Waals surface area contributed by atoms with Gasteiger partial charge >= 0.3 is 5.97 Å². The Morgan fingerprint density at radius 3 is 2.73 bits per heavy atom. The predicted octanol–water partition coefficient (Wildman–Crippen LogP) is 2.49. The standard InChI is InChI=1S/C21H23N3O5S/c1-28-18-7-9-19(10-8-18)30(26,27)24-12-4-5-16(13-24)21(25)29-15-17-14-23-11-3-2-6-20(23)22-17/h2-3,6-11,14,16H,4-5,12-13,15H2,1H3. The molecule has 1 atom stereocenters. The average molecular weight is 429 g/mol. The molecule has 1 aliphatic rings. The van der Waals surface area contributed by atoms with Crippen LogP contribution in [0.25, 0.3) is 5.65 Å². The lowest BCUT2D eigenvalue weighted by molar-refractivity contribution is -0.151. The summed E-state index contributed by atoms with van der Waals surface area (Å²) in [4.78, 5) is 17.2. The fourth-order valence-electron chi connectivity index (χ4n) is 3.57. The number of piperidine rings is 1. The maximum Gasteiger partial charge on any atom is 0.310 e. The molecular weight excluding hydrogens is 406 g/mol. The highest BCUT2D eigenvalue weighted by Gasteiger charge is 2.34. The fraction of sp³-hybridized carbons (Fsp3) is 0.333. The van der Waals surface area contributed by atoms with E-state index in [1.54, 1.807) is 12.1 Å². The number of hydrogen-bond acceptors (Lipinski definition) is 6. The van der Waals surface area contributed by atoms with Gasteiger partial charge in [-0.2, -0.15) is 4.31 Å². The van der Waals surface area contributed by atoms with E-state index in [0.29, 0.717) is 30.8 Å². The van der Waals surface area contributed by atoms with Crippen molar-refractivity contribution in [3.63, 3.8) is 0 Å². The molecule has 2 aromatic heterocycles. The molecule has 0 aliphatic carbocycles. The number of carbonyl (C=O) groups excluding carboxylic acids is 1. The number of ether oxygens (including phenoxy) is 2. The zero-order valence-corrected chi connectivity index (χ0v) is 17.4. The van der Waals surface area contributed by atoms with Crippen LogP contribution >= 0.6 is 0 Å². The Bertz CT molecular complexity index is 1110. The molecule has 1 aromatic carbocycles. The lowest BCUT2D eigenvalue weighted by Crippen LogP contribution is -2.42. The SMILES string of the molecule is COc1ccc(S(=O)(=O)N2CCCC(C(=O)OCc3cn4ccccc4n3)C2)cc1. The lowest BCUT2D eigenvalue weighted by Gasteiger charge is -2.30. The molecule has 30 heavy (non-hydrogen) atoms. The van der Waals surface area contributed by atoms with Crippen LogP contribution in [-0.4, -0.2) is 48.3 Å².